The number of nitrogens with zero attached hydrogens (tertiary/aromatic N) is 1. The van der Waals surface area contributed by atoms with Crippen LogP contribution in [0.4, 0.5) is 5.69 Å². The number of likely N-dealkylation sites (N-methyl/N-ethyl adjacent to an activating group) is 1. The Labute approximate surface area is 117 Å². The zero-order chi connectivity index (χ0) is 14.4. The van der Waals surface area contributed by atoms with Crippen molar-refractivity contribution >= 4 is 29.2 Å². The number of benzene rings is 1. The molecular weight excluding hydrogens is 268 g/mol. The van der Waals surface area contributed by atoms with Gasteiger partial charge in [0.1, 0.15) is 12.6 Å². The number of halogens is 1. The van der Waals surface area contributed by atoms with Gasteiger partial charge in [0.15, 0.2) is 0 Å². The Bertz CT molecular complexity index is 448. The van der Waals surface area contributed by atoms with Crippen LogP contribution in [0.5, 0.6) is 0 Å². The molecule has 0 bridgehead atoms. The lowest BCUT2D eigenvalue weighted by molar-refractivity contribution is -0.135. The molecule has 1 rings (SSSR count). The maximum Gasteiger partial charge on any atom is 0.323 e. The van der Waals surface area contributed by atoms with Crippen molar-refractivity contribution < 1.29 is 14.7 Å². The van der Waals surface area contributed by atoms with Gasteiger partial charge in [0.2, 0.25) is 5.91 Å². The molecule has 1 aromatic rings. The van der Waals surface area contributed by atoms with Gasteiger partial charge in [0.25, 0.3) is 0 Å². The van der Waals surface area contributed by atoms with Crippen LogP contribution < -0.4 is 10.2 Å². The summed E-state index contributed by atoms with van der Waals surface area (Å²) in [6.45, 7) is 3.74. The molecule has 6 heteroatoms. The van der Waals surface area contributed by atoms with Crippen LogP contribution in [0.3, 0.4) is 0 Å². The average Bonchev–Trinajstić information content (AvgIpc) is 2.36. The molecule has 2 N–H and O–H groups in total. The minimum atomic E-state index is -0.994. The van der Waals surface area contributed by atoms with Gasteiger partial charge in [-0.05, 0) is 38.1 Å². The molecule has 1 amide bonds. The molecule has 0 aliphatic carbocycles. The quantitative estimate of drug-likeness (QED) is 0.835. The van der Waals surface area contributed by atoms with Gasteiger partial charge in [-0.15, -0.1) is 0 Å². The molecule has 0 saturated carbocycles. The van der Waals surface area contributed by atoms with Crippen molar-refractivity contribution in [2.24, 2.45) is 0 Å². The first kappa shape index (κ1) is 15.3. The van der Waals surface area contributed by atoms with Crippen LogP contribution >= 0.6 is 11.6 Å². The van der Waals surface area contributed by atoms with E-state index >= 15 is 0 Å². The van der Waals surface area contributed by atoms with E-state index in [4.69, 9.17) is 16.7 Å². The second-order valence-corrected chi connectivity index (χ2v) is 4.51. The van der Waals surface area contributed by atoms with E-state index in [0.717, 1.165) is 0 Å². The Morgan fingerprint density at radius 2 is 1.95 bits per heavy atom. The van der Waals surface area contributed by atoms with E-state index in [2.05, 4.69) is 5.32 Å². The van der Waals surface area contributed by atoms with Gasteiger partial charge in [-0.25, -0.2) is 0 Å². The van der Waals surface area contributed by atoms with E-state index < -0.39 is 12.0 Å². The van der Waals surface area contributed by atoms with E-state index in [-0.39, 0.29) is 12.5 Å². The number of carboxylic acids is 1. The largest absolute Gasteiger partial charge is 0.480 e. The highest BCUT2D eigenvalue weighted by molar-refractivity contribution is 6.30. The predicted molar refractivity (Wildman–Crippen MR) is 74.6 cm³/mol. The van der Waals surface area contributed by atoms with Crippen LogP contribution in [0.1, 0.15) is 13.8 Å². The molecule has 1 unspecified atom stereocenters. The number of aliphatic carboxylic acids is 1. The zero-order valence-electron chi connectivity index (χ0n) is 10.9. The third-order valence-corrected chi connectivity index (χ3v) is 2.91. The van der Waals surface area contributed by atoms with Crippen molar-refractivity contribution in [2.45, 2.75) is 19.9 Å². The highest BCUT2D eigenvalue weighted by Crippen LogP contribution is 2.20. The van der Waals surface area contributed by atoms with Crippen molar-refractivity contribution in [1.29, 1.82) is 0 Å². The molecule has 19 heavy (non-hydrogen) atoms. The zero-order valence-corrected chi connectivity index (χ0v) is 11.6. The fraction of sp³-hybridized carbons (Fsp3) is 0.385. The van der Waals surface area contributed by atoms with Crippen molar-refractivity contribution in [3.05, 3.63) is 29.3 Å². The number of carboxylic acid groups (broad SMARTS) is 1. The van der Waals surface area contributed by atoms with E-state index in [0.29, 0.717) is 17.3 Å². The number of carbonyl (C=O) groups is 2. The molecule has 0 radical (unpaired) electrons. The Hall–Kier alpha value is -1.75. The number of rotatable bonds is 6. The maximum atomic E-state index is 11.8. The summed E-state index contributed by atoms with van der Waals surface area (Å²) in [7, 11) is 0. The second kappa shape index (κ2) is 6.99. The topological polar surface area (TPSA) is 69.6 Å². The van der Waals surface area contributed by atoms with Gasteiger partial charge in [-0.3, -0.25) is 9.59 Å². The van der Waals surface area contributed by atoms with Crippen molar-refractivity contribution in [3.63, 3.8) is 0 Å². The van der Waals surface area contributed by atoms with E-state index in [1.54, 1.807) is 31.2 Å². The van der Waals surface area contributed by atoms with Crippen LogP contribution in [0.15, 0.2) is 24.3 Å². The molecule has 0 saturated heterocycles. The fourth-order valence-electron chi connectivity index (χ4n) is 1.69. The normalized spacial score (nSPS) is 11.7. The molecule has 5 nitrogen and oxygen atoms in total. The number of anilines is 1. The van der Waals surface area contributed by atoms with Crippen LogP contribution in [-0.4, -0.2) is 36.1 Å². The number of hydrogen-bond acceptors (Lipinski definition) is 3. The average molecular weight is 285 g/mol. The van der Waals surface area contributed by atoms with Crippen molar-refractivity contribution in [3.8, 4) is 0 Å². The summed E-state index contributed by atoms with van der Waals surface area (Å²) in [5, 5.41) is 12.2. The lowest BCUT2D eigenvalue weighted by Gasteiger charge is -2.28. The van der Waals surface area contributed by atoms with E-state index in [1.807, 2.05) is 6.92 Å². The number of amides is 1. The highest BCUT2D eigenvalue weighted by Gasteiger charge is 2.23. The maximum absolute atomic E-state index is 11.8. The summed E-state index contributed by atoms with van der Waals surface area (Å²) < 4.78 is 0. The van der Waals surface area contributed by atoms with Gasteiger partial charge in [-0.1, -0.05) is 11.6 Å². The minimum absolute atomic E-state index is 0.210. The van der Waals surface area contributed by atoms with Crippen LogP contribution in [0, 0.1) is 0 Å². The molecule has 0 aliphatic heterocycles. The predicted octanol–water partition coefficient (Wildman–Crippen LogP) is 1.76. The van der Waals surface area contributed by atoms with E-state index in [9.17, 15) is 9.59 Å². The Kier molecular flexibility index (Phi) is 5.63. The van der Waals surface area contributed by atoms with Crippen LogP contribution in [0.2, 0.25) is 5.02 Å². The smallest absolute Gasteiger partial charge is 0.323 e. The molecule has 104 valence electrons. The Balaban J connectivity index is 2.96. The molecule has 1 aromatic carbocycles. The first-order valence-electron chi connectivity index (χ1n) is 5.97. The van der Waals surface area contributed by atoms with Crippen LogP contribution in [-0.2, 0) is 9.59 Å². The molecular formula is C13H17ClN2O3. The first-order valence-corrected chi connectivity index (χ1v) is 6.35. The SMILES string of the molecule is CCNC(=O)C(C)N(CC(=O)O)c1ccc(Cl)cc1. The number of nitrogens with one attached hydrogen (secondary N) is 1. The van der Waals surface area contributed by atoms with Crippen molar-refractivity contribution in [1.82, 2.24) is 5.32 Å². The molecule has 0 fully saturated rings. The third-order valence-electron chi connectivity index (χ3n) is 2.66. The second-order valence-electron chi connectivity index (χ2n) is 4.07. The molecule has 0 aromatic heterocycles. The summed E-state index contributed by atoms with van der Waals surface area (Å²) in [6.07, 6.45) is 0. The van der Waals surface area contributed by atoms with Gasteiger partial charge in [0, 0.05) is 17.3 Å². The summed E-state index contributed by atoms with van der Waals surface area (Å²) in [5.74, 6) is -1.20. The summed E-state index contributed by atoms with van der Waals surface area (Å²) in [4.78, 5) is 24.3. The van der Waals surface area contributed by atoms with Gasteiger partial charge < -0.3 is 15.3 Å². The summed E-state index contributed by atoms with van der Waals surface area (Å²) in [6, 6.07) is 6.14. The third kappa shape index (κ3) is 4.44. The lowest BCUT2D eigenvalue weighted by Crippen LogP contribution is -2.47. The van der Waals surface area contributed by atoms with Crippen molar-refractivity contribution in [2.75, 3.05) is 18.0 Å². The molecule has 0 aliphatic rings. The fourth-order valence-corrected chi connectivity index (χ4v) is 1.82. The highest BCUT2D eigenvalue weighted by atomic mass is 35.5. The molecule has 1 atom stereocenters. The Morgan fingerprint density at radius 3 is 2.42 bits per heavy atom. The van der Waals surface area contributed by atoms with Crippen LogP contribution in [0.25, 0.3) is 0 Å². The lowest BCUT2D eigenvalue weighted by atomic mass is 10.2. The number of carbonyl (C=O) groups excluding carboxylic acids is 1. The standard InChI is InChI=1S/C13H17ClN2O3/c1-3-15-13(19)9(2)16(8-12(17)18)11-6-4-10(14)5-7-11/h4-7,9H,3,8H2,1-2H3,(H,15,19)(H,17,18). The summed E-state index contributed by atoms with van der Waals surface area (Å²) in [5.41, 5.74) is 0.644. The molecule has 0 spiro atoms. The van der Waals surface area contributed by atoms with Gasteiger partial charge in [-0.2, -0.15) is 0 Å². The van der Waals surface area contributed by atoms with E-state index in [1.165, 1.54) is 4.90 Å². The molecule has 0 heterocycles. The van der Waals surface area contributed by atoms with Gasteiger partial charge >= 0.3 is 5.97 Å². The van der Waals surface area contributed by atoms with Gasteiger partial charge in [0.05, 0.1) is 0 Å². The number of hydrogen-bond donors (Lipinski definition) is 2. The summed E-state index contributed by atoms with van der Waals surface area (Å²) >= 11 is 5.80. The minimum Gasteiger partial charge on any atom is -0.480 e. The Morgan fingerprint density at radius 1 is 1.37 bits per heavy atom. The monoisotopic (exact) mass is 284 g/mol. The first-order chi connectivity index (χ1) is 8.95.